The van der Waals surface area contributed by atoms with Crippen molar-refractivity contribution in [3.8, 4) is 11.3 Å². The molecule has 1 spiro atoms. The average molecular weight is 367 g/mol. The summed E-state index contributed by atoms with van der Waals surface area (Å²) < 4.78 is 4.28. The number of pyridine rings is 1. The van der Waals surface area contributed by atoms with Crippen LogP contribution in [0, 0.1) is 6.92 Å². The van der Waals surface area contributed by atoms with Crippen LogP contribution in [0.15, 0.2) is 36.5 Å². The summed E-state index contributed by atoms with van der Waals surface area (Å²) in [5, 5.41) is 4.78. The molecular formula is C21H28GeN+. The number of fused-ring (bicyclic) bond motifs is 2. The van der Waals surface area contributed by atoms with Crippen LogP contribution in [0.4, 0.5) is 0 Å². The first-order chi connectivity index (χ1) is 11.2. The van der Waals surface area contributed by atoms with Crippen molar-refractivity contribution in [2.75, 3.05) is 0 Å². The van der Waals surface area contributed by atoms with Crippen LogP contribution in [0.2, 0.25) is 15.8 Å². The molecule has 1 aromatic heterocycles. The summed E-state index contributed by atoms with van der Waals surface area (Å²) in [5.41, 5.74) is 5.88. The van der Waals surface area contributed by atoms with Gasteiger partial charge in [0.2, 0.25) is 0 Å². The summed E-state index contributed by atoms with van der Waals surface area (Å²) in [7, 11) is 2.26. The Hall–Kier alpha value is -1.09. The molecular weight excluding hydrogens is 339 g/mol. The van der Waals surface area contributed by atoms with Crippen LogP contribution in [0.5, 0.6) is 0 Å². The molecule has 2 heteroatoms. The van der Waals surface area contributed by atoms with Gasteiger partial charge in [0.25, 0.3) is 0 Å². The zero-order chi connectivity index (χ0) is 15.9. The Bertz CT molecular complexity index is 729. The first kappa shape index (κ1) is 15.4. The van der Waals surface area contributed by atoms with Crippen molar-refractivity contribution in [3.05, 3.63) is 47.7 Å². The van der Waals surface area contributed by atoms with Crippen molar-refractivity contribution in [2.45, 2.75) is 54.8 Å². The molecule has 0 bridgehead atoms. The van der Waals surface area contributed by atoms with Gasteiger partial charge in [0.1, 0.15) is 0 Å². The van der Waals surface area contributed by atoms with Gasteiger partial charge >= 0.3 is 143 Å². The van der Waals surface area contributed by atoms with E-state index in [1.54, 1.807) is 21.3 Å². The average Bonchev–Trinajstić information content (AvgIpc) is 2.57. The molecule has 0 aliphatic carbocycles. The summed E-state index contributed by atoms with van der Waals surface area (Å²) in [5.74, 6) is 0. The second kappa shape index (κ2) is 6.09. The Labute approximate surface area is 143 Å². The van der Waals surface area contributed by atoms with E-state index in [4.69, 9.17) is 0 Å². The number of nitrogens with zero attached hydrogens (tertiary/aromatic N) is 1. The molecule has 120 valence electrons. The van der Waals surface area contributed by atoms with E-state index < -0.39 is 13.3 Å². The minimum absolute atomic E-state index is 1.31. The summed E-state index contributed by atoms with van der Waals surface area (Å²) in [6.07, 6.45) is 9.80. The first-order valence-electron chi connectivity index (χ1n) is 9.29. The van der Waals surface area contributed by atoms with Gasteiger partial charge in [-0.25, -0.2) is 0 Å². The Kier molecular flexibility index (Phi) is 4.09. The molecule has 1 nitrogen and oxygen atoms in total. The molecule has 1 saturated heterocycles. The van der Waals surface area contributed by atoms with Crippen LogP contribution < -0.4 is 8.96 Å². The van der Waals surface area contributed by atoms with E-state index >= 15 is 0 Å². The van der Waals surface area contributed by atoms with E-state index in [1.807, 2.05) is 4.40 Å². The number of rotatable bonds is 1. The quantitative estimate of drug-likeness (QED) is 0.524. The van der Waals surface area contributed by atoms with Crippen molar-refractivity contribution in [1.29, 1.82) is 0 Å². The Morgan fingerprint density at radius 3 is 2.48 bits per heavy atom. The Morgan fingerprint density at radius 2 is 1.70 bits per heavy atom. The number of benzene rings is 1. The van der Waals surface area contributed by atoms with Crippen LogP contribution in [0.25, 0.3) is 11.3 Å². The van der Waals surface area contributed by atoms with Crippen LogP contribution >= 0.6 is 0 Å². The van der Waals surface area contributed by atoms with Crippen LogP contribution in [-0.4, -0.2) is 13.3 Å². The van der Waals surface area contributed by atoms with Gasteiger partial charge in [-0.05, 0) is 0 Å². The zero-order valence-corrected chi connectivity index (χ0v) is 16.7. The molecule has 2 aromatic rings. The second-order valence-corrected chi connectivity index (χ2v) is 17.4. The third-order valence-corrected chi connectivity index (χ3v) is 17.9. The fourth-order valence-corrected chi connectivity index (χ4v) is 16.8. The van der Waals surface area contributed by atoms with Gasteiger partial charge in [-0.2, -0.15) is 0 Å². The van der Waals surface area contributed by atoms with Gasteiger partial charge in [-0.15, -0.1) is 0 Å². The predicted octanol–water partition coefficient (Wildman–Crippen LogP) is 4.27. The van der Waals surface area contributed by atoms with E-state index in [9.17, 15) is 0 Å². The molecule has 0 N–H and O–H groups in total. The summed E-state index contributed by atoms with van der Waals surface area (Å²) >= 11 is -1.77. The Morgan fingerprint density at radius 1 is 0.957 bits per heavy atom. The van der Waals surface area contributed by atoms with Crippen molar-refractivity contribution in [3.63, 3.8) is 0 Å². The standard InChI is InChI=1S/C21H28GeN/c1-17-9-4-5-11-19(17)21-15-18-10-8-14-22(12-6-3-7-13-22)20(18)16-23(21)2/h4-5,9,11,15-16H,3,6-8,10,12-14H2,1-2H3/q+1. The molecule has 2 aliphatic rings. The second-order valence-electron chi connectivity index (χ2n) is 7.72. The number of aryl methyl sites for hydroxylation is 3. The van der Waals surface area contributed by atoms with Gasteiger partial charge in [0.05, 0.1) is 0 Å². The van der Waals surface area contributed by atoms with Crippen molar-refractivity contribution in [1.82, 2.24) is 0 Å². The SMILES string of the molecule is Cc1ccccc1-c1cc2[c](c[n+]1C)[Ge]1([CH2]CCC[CH2]1)[CH2]CC2. The van der Waals surface area contributed by atoms with E-state index in [0.717, 1.165) is 0 Å². The van der Waals surface area contributed by atoms with Crippen molar-refractivity contribution in [2.24, 2.45) is 7.05 Å². The third-order valence-electron chi connectivity index (χ3n) is 6.26. The molecule has 0 saturated carbocycles. The van der Waals surface area contributed by atoms with Gasteiger partial charge in [0, 0.05) is 0 Å². The first-order valence-corrected chi connectivity index (χ1v) is 14.8. The van der Waals surface area contributed by atoms with Crippen LogP contribution in [0.1, 0.15) is 36.8 Å². The maximum absolute atomic E-state index is 2.56. The van der Waals surface area contributed by atoms with Crippen LogP contribution in [0.3, 0.4) is 0 Å². The van der Waals surface area contributed by atoms with E-state index in [2.05, 4.69) is 55.1 Å². The molecule has 3 heterocycles. The van der Waals surface area contributed by atoms with Crippen molar-refractivity contribution < 1.29 is 4.57 Å². The summed E-state index contributed by atoms with van der Waals surface area (Å²) in [6.45, 7) is 2.23. The zero-order valence-electron chi connectivity index (χ0n) is 14.6. The molecule has 0 unspecified atom stereocenters. The van der Waals surface area contributed by atoms with Crippen molar-refractivity contribution >= 4 is 17.7 Å². The molecule has 0 radical (unpaired) electrons. The van der Waals surface area contributed by atoms with Gasteiger partial charge < -0.3 is 0 Å². The van der Waals surface area contributed by atoms with E-state index in [-0.39, 0.29) is 0 Å². The number of aromatic nitrogens is 1. The topological polar surface area (TPSA) is 3.88 Å². The molecule has 4 rings (SSSR count). The van der Waals surface area contributed by atoms with Gasteiger partial charge in [-0.3, -0.25) is 0 Å². The van der Waals surface area contributed by atoms with Crippen LogP contribution in [-0.2, 0) is 13.5 Å². The third kappa shape index (κ3) is 2.67. The normalized spacial score (nSPS) is 19.6. The number of hydrogen-bond acceptors (Lipinski definition) is 0. The summed E-state index contributed by atoms with van der Waals surface area (Å²) in [4.78, 5) is 0. The number of hydrogen-bond donors (Lipinski definition) is 0. The monoisotopic (exact) mass is 368 g/mol. The van der Waals surface area contributed by atoms with Gasteiger partial charge in [-0.1, -0.05) is 0 Å². The molecule has 23 heavy (non-hydrogen) atoms. The fraction of sp³-hybridized carbons (Fsp3) is 0.476. The van der Waals surface area contributed by atoms with E-state index in [1.165, 1.54) is 48.9 Å². The molecule has 2 aliphatic heterocycles. The molecule has 0 amide bonds. The van der Waals surface area contributed by atoms with Gasteiger partial charge in [0.15, 0.2) is 0 Å². The molecule has 0 atom stereocenters. The maximum atomic E-state index is 2.56. The summed E-state index contributed by atoms with van der Waals surface area (Å²) in [6, 6.07) is 11.4. The minimum atomic E-state index is -1.77. The van der Waals surface area contributed by atoms with E-state index in [0.29, 0.717) is 0 Å². The Balaban J connectivity index is 1.84. The predicted molar refractivity (Wildman–Crippen MR) is 99.8 cm³/mol. The molecule has 1 fully saturated rings. The molecule has 1 aromatic carbocycles. The fourth-order valence-electron chi connectivity index (χ4n) is 5.00.